The molecule has 5 nitrogen and oxygen atoms in total. The molecule has 1 fully saturated rings. The van der Waals surface area contributed by atoms with E-state index in [1.54, 1.807) is 30.2 Å². The fraction of sp³-hybridized carbons (Fsp3) is 0.273. The van der Waals surface area contributed by atoms with Crippen molar-refractivity contribution in [3.05, 3.63) is 65.1 Å². The molecule has 0 spiro atoms. The predicted molar refractivity (Wildman–Crippen MR) is 114 cm³/mol. The molecular weight excluding hydrogens is 391 g/mol. The summed E-state index contributed by atoms with van der Waals surface area (Å²) >= 11 is 5.28. The number of nitrogens with one attached hydrogen (secondary N) is 1. The molecule has 1 aliphatic rings. The fourth-order valence-electron chi connectivity index (χ4n) is 2.95. The standard InChI is InChI=1S/C22H23FN2O3S/c1-3-4-11-25-21(26)19(24-22(25)29)13-15-5-10-20(27-2)16(12-15)14-28-18-8-6-17(23)7-9-18/h5-10,12-13H,3-4,11,14H2,1-2H3,(H,24,29). The molecule has 7 heteroatoms. The van der Waals surface area contributed by atoms with E-state index in [4.69, 9.17) is 21.7 Å². The maximum atomic E-state index is 13.0. The van der Waals surface area contributed by atoms with Gasteiger partial charge in [-0.05, 0) is 66.7 Å². The molecule has 1 heterocycles. The van der Waals surface area contributed by atoms with E-state index in [-0.39, 0.29) is 18.3 Å². The van der Waals surface area contributed by atoms with E-state index in [0.717, 1.165) is 24.0 Å². The average Bonchev–Trinajstić information content (AvgIpc) is 2.98. The molecule has 0 bridgehead atoms. The number of thiocarbonyl (C=S) groups is 1. The zero-order chi connectivity index (χ0) is 20.8. The third-order valence-corrected chi connectivity index (χ3v) is 4.84. The third-order valence-electron chi connectivity index (χ3n) is 4.52. The number of halogens is 1. The highest BCUT2D eigenvalue weighted by atomic mass is 32.1. The van der Waals surface area contributed by atoms with E-state index in [1.807, 2.05) is 18.2 Å². The number of unbranched alkanes of at least 4 members (excludes halogenated alkanes) is 1. The Bertz CT molecular complexity index is 928. The first-order chi connectivity index (χ1) is 14.0. The SMILES string of the molecule is CCCCN1C(=O)C(=Cc2ccc(OC)c(COc3ccc(F)cc3)c2)NC1=S. The van der Waals surface area contributed by atoms with E-state index in [9.17, 15) is 9.18 Å². The Morgan fingerprint density at radius 3 is 2.66 bits per heavy atom. The van der Waals surface area contributed by atoms with Crippen LogP contribution in [0.4, 0.5) is 4.39 Å². The second-order valence-electron chi connectivity index (χ2n) is 6.61. The lowest BCUT2D eigenvalue weighted by Crippen LogP contribution is -2.31. The van der Waals surface area contributed by atoms with Gasteiger partial charge in [0, 0.05) is 12.1 Å². The number of rotatable bonds is 8. The van der Waals surface area contributed by atoms with Crippen LogP contribution >= 0.6 is 12.2 Å². The number of carbonyl (C=O) groups is 1. The molecule has 0 saturated carbocycles. The fourth-order valence-corrected chi connectivity index (χ4v) is 3.23. The minimum Gasteiger partial charge on any atom is -0.496 e. The summed E-state index contributed by atoms with van der Waals surface area (Å²) in [7, 11) is 1.58. The maximum absolute atomic E-state index is 13.0. The number of carbonyl (C=O) groups excluding carboxylic acids is 1. The lowest BCUT2D eigenvalue weighted by atomic mass is 10.1. The highest BCUT2D eigenvalue weighted by molar-refractivity contribution is 7.80. The van der Waals surface area contributed by atoms with Crippen LogP contribution in [0.3, 0.4) is 0 Å². The van der Waals surface area contributed by atoms with Gasteiger partial charge >= 0.3 is 0 Å². The molecule has 1 N–H and O–H groups in total. The second-order valence-corrected chi connectivity index (χ2v) is 7.00. The number of ether oxygens (including phenoxy) is 2. The molecule has 3 rings (SSSR count). The van der Waals surface area contributed by atoms with E-state index < -0.39 is 0 Å². The van der Waals surface area contributed by atoms with Gasteiger partial charge < -0.3 is 14.8 Å². The van der Waals surface area contributed by atoms with Crippen molar-refractivity contribution < 1.29 is 18.7 Å². The van der Waals surface area contributed by atoms with Crippen LogP contribution in [0.15, 0.2) is 48.2 Å². The number of nitrogens with zero attached hydrogens (tertiary/aromatic N) is 1. The first kappa shape index (κ1) is 20.8. The van der Waals surface area contributed by atoms with Crippen molar-refractivity contribution in [3.8, 4) is 11.5 Å². The molecule has 1 aliphatic heterocycles. The summed E-state index contributed by atoms with van der Waals surface area (Å²) in [5.74, 6) is 0.786. The maximum Gasteiger partial charge on any atom is 0.276 e. The van der Waals surface area contributed by atoms with E-state index in [2.05, 4.69) is 12.2 Å². The lowest BCUT2D eigenvalue weighted by molar-refractivity contribution is -0.122. The van der Waals surface area contributed by atoms with Crippen LogP contribution in [0.1, 0.15) is 30.9 Å². The number of amides is 1. The van der Waals surface area contributed by atoms with Crippen LogP contribution in [0.5, 0.6) is 11.5 Å². The average molecular weight is 415 g/mol. The number of hydrogen-bond acceptors (Lipinski definition) is 4. The van der Waals surface area contributed by atoms with E-state index >= 15 is 0 Å². The zero-order valence-electron chi connectivity index (χ0n) is 16.4. The zero-order valence-corrected chi connectivity index (χ0v) is 17.2. The van der Waals surface area contributed by atoms with Crippen LogP contribution in [-0.2, 0) is 11.4 Å². The summed E-state index contributed by atoms with van der Waals surface area (Å²) in [6.07, 6.45) is 3.65. The minimum atomic E-state index is -0.317. The lowest BCUT2D eigenvalue weighted by Gasteiger charge is -2.12. The topological polar surface area (TPSA) is 50.8 Å². The number of methoxy groups -OCH3 is 1. The van der Waals surface area contributed by atoms with E-state index in [0.29, 0.717) is 28.9 Å². The molecule has 0 aliphatic carbocycles. The Labute approximate surface area is 175 Å². The van der Waals surface area contributed by atoms with Gasteiger partial charge in [-0.1, -0.05) is 19.4 Å². The van der Waals surface area contributed by atoms with Crippen molar-refractivity contribution in [3.63, 3.8) is 0 Å². The Morgan fingerprint density at radius 2 is 1.97 bits per heavy atom. The molecule has 0 radical (unpaired) electrons. The quantitative estimate of drug-likeness (QED) is 0.516. The Morgan fingerprint density at radius 1 is 1.21 bits per heavy atom. The van der Waals surface area contributed by atoms with Crippen LogP contribution in [0, 0.1) is 5.82 Å². The summed E-state index contributed by atoms with van der Waals surface area (Å²) in [5.41, 5.74) is 2.07. The van der Waals surface area contributed by atoms with Crippen molar-refractivity contribution in [1.29, 1.82) is 0 Å². The van der Waals surface area contributed by atoms with Gasteiger partial charge in [-0.15, -0.1) is 0 Å². The minimum absolute atomic E-state index is 0.122. The Kier molecular flexibility index (Phi) is 6.82. The van der Waals surface area contributed by atoms with Gasteiger partial charge in [0.1, 0.15) is 29.6 Å². The third kappa shape index (κ3) is 5.12. The number of benzene rings is 2. The van der Waals surface area contributed by atoms with Crippen molar-refractivity contribution in [2.24, 2.45) is 0 Å². The summed E-state index contributed by atoms with van der Waals surface area (Å²) < 4.78 is 24.2. The number of hydrogen-bond donors (Lipinski definition) is 1. The molecule has 1 saturated heterocycles. The second kappa shape index (κ2) is 9.52. The van der Waals surface area contributed by atoms with Crippen molar-refractivity contribution in [1.82, 2.24) is 10.2 Å². The van der Waals surface area contributed by atoms with Gasteiger partial charge in [0.2, 0.25) is 0 Å². The summed E-state index contributed by atoms with van der Waals surface area (Å²) in [5, 5.41) is 3.43. The van der Waals surface area contributed by atoms with Crippen LogP contribution in [-0.4, -0.2) is 29.6 Å². The van der Waals surface area contributed by atoms with Crippen molar-refractivity contribution in [2.45, 2.75) is 26.4 Å². The van der Waals surface area contributed by atoms with Gasteiger partial charge in [0.15, 0.2) is 5.11 Å². The van der Waals surface area contributed by atoms with Gasteiger partial charge in [-0.3, -0.25) is 9.69 Å². The molecule has 29 heavy (non-hydrogen) atoms. The first-order valence-electron chi connectivity index (χ1n) is 9.41. The Hall–Kier alpha value is -2.93. The molecule has 2 aromatic carbocycles. The summed E-state index contributed by atoms with van der Waals surface area (Å²) in [6.45, 7) is 2.92. The normalized spacial score (nSPS) is 15.0. The van der Waals surface area contributed by atoms with Crippen molar-refractivity contribution in [2.75, 3.05) is 13.7 Å². The molecule has 1 amide bonds. The summed E-state index contributed by atoms with van der Waals surface area (Å²) in [4.78, 5) is 14.2. The van der Waals surface area contributed by atoms with Gasteiger partial charge in [-0.2, -0.15) is 0 Å². The van der Waals surface area contributed by atoms with Crippen molar-refractivity contribution >= 4 is 29.3 Å². The predicted octanol–water partition coefficient (Wildman–Crippen LogP) is 4.27. The van der Waals surface area contributed by atoms with Gasteiger partial charge in [0.05, 0.1) is 7.11 Å². The molecule has 0 unspecified atom stereocenters. The Balaban J connectivity index is 1.77. The van der Waals surface area contributed by atoms with Crippen LogP contribution in [0.25, 0.3) is 6.08 Å². The smallest absolute Gasteiger partial charge is 0.276 e. The van der Waals surface area contributed by atoms with Gasteiger partial charge in [-0.25, -0.2) is 4.39 Å². The molecule has 2 aromatic rings. The molecular formula is C22H23FN2O3S. The molecule has 0 atom stereocenters. The van der Waals surface area contributed by atoms with E-state index in [1.165, 1.54) is 12.1 Å². The highest BCUT2D eigenvalue weighted by Crippen LogP contribution is 2.24. The van der Waals surface area contributed by atoms with Gasteiger partial charge in [0.25, 0.3) is 5.91 Å². The first-order valence-corrected chi connectivity index (χ1v) is 9.82. The monoisotopic (exact) mass is 414 g/mol. The van der Waals surface area contributed by atoms with Crippen LogP contribution in [0.2, 0.25) is 0 Å². The molecule has 152 valence electrons. The highest BCUT2D eigenvalue weighted by Gasteiger charge is 2.29. The molecule has 0 aromatic heterocycles. The largest absolute Gasteiger partial charge is 0.496 e. The van der Waals surface area contributed by atoms with Crippen LogP contribution < -0.4 is 14.8 Å². The summed E-state index contributed by atoms with van der Waals surface area (Å²) in [6, 6.07) is 11.4.